The van der Waals surface area contributed by atoms with Crippen molar-refractivity contribution in [3.05, 3.63) is 75.8 Å². The maximum absolute atomic E-state index is 11.5. The van der Waals surface area contributed by atoms with E-state index in [2.05, 4.69) is 67.0 Å². The summed E-state index contributed by atoms with van der Waals surface area (Å²) in [4.78, 5) is 16.1. The van der Waals surface area contributed by atoms with Crippen molar-refractivity contribution in [1.29, 1.82) is 0 Å². The molecule has 3 aliphatic rings. The van der Waals surface area contributed by atoms with Crippen LogP contribution in [0.1, 0.15) is 74.8 Å². The first kappa shape index (κ1) is 32.7. The molecule has 0 saturated carbocycles. The predicted octanol–water partition coefficient (Wildman–Crippen LogP) is 7.94. The molecule has 0 spiro atoms. The van der Waals surface area contributed by atoms with Crippen LogP contribution < -0.4 is 14.2 Å². The van der Waals surface area contributed by atoms with Gasteiger partial charge in [0.25, 0.3) is 0 Å². The van der Waals surface area contributed by atoms with Crippen molar-refractivity contribution in [2.24, 2.45) is 5.92 Å². The third kappa shape index (κ3) is 6.87. The number of carbonyl (C=O) groups is 1. The Hall–Kier alpha value is -3.26. The van der Waals surface area contributed by atoms with Gasteiger partial charge in [-0.05, 0) is 106 Å². The Morgan fingerprint density at radius 3 is 2.54 bits per heavy atom. The van der Waals surface area contributed by atoms with Crippen LogP contribution in [0.5, 0.6) is 17.2 Å². The predicted molar refractivity (Wildman–Crippen MR) is 182 cm³/mol. The van der Waals surface area contributed by atoms with Gasteiger partial charge in [0.1, 0.15) is 23.4 Å². The molecule has 3 aromatic rings. The summed E-state index contributed by atoms with van der Waals surface area (Å²) in [7, 11) is 0. The largest absolute Gasteiger partial charge is 0.493 e. The van der Waals surface area contributed by atoms with Gasteiger partial charge >= 0.3 is 5.97 Å². The molecule has 6 rings (SSSR count). The second kappa shape index (κ2) is 13.8. The van der Waals surface area contributed by atoms with Crippen LogP contribution in [0.3, 0.4) is 0 Å². The van der Waals surface area contributed by atoms with Gasteiger partial charge in [-0.1, -0.05) is 41.9 Å². The Labute approximate surface area is 278 Å². The number of hydrogen-bond donors (Lipinski definition) is 1. The van der Waals surface area contributed by atoms with Crippen molar-refractivity contribution in [3.63, 3.8) is 0 Å². The standard InChI is InChI=1S/C38H47ClN2O5/c1-5-44-35-22-36(32(39)21-27(35)24-40-18-15-26(23-40)37(42)43)46-34-14-13-30-29(10-6-11-31(30)34)28-9-7-12-33(25(28)2)45-20-8-17-41-19-16-38(41,3)4/h6-7,9-12,21-22,26,34H,5,8,13-20,23-24H2,1-4H3,(H,42,43)/t26-,34+/m1/s1. The highest BCUT2D eigenvalue weighted by Gasteiger charge is 2.35. The smallest absolute Gasteiger partial charge is 0.307 e. The van der Waals surface area contributed by atoms with Crippen molar-refractivity contribution in [2.75, 3.05) is 39.4 Å². The van der Waals surface area contributed by atoms with Crippen LogP contribution in [0.25, 0.3) is 11.1 Å². The highest BCUT2D eigenvalue weighted by atomic mass is 35.5. The number of likely N-dealkylation sites (tertiary alicyclic amines) is 2. The van der Waals surface area contributed by atoms with Crippen LogP contribution in [-0.2, 0) is 17.8 Å². The number of aliphatic carboxylic acids is 1. The van der Waals surface area contributed by atoms with Gasteiger partial charge in [-0.25, -0.2) is 0 Å². The fourth-order valence-electron chi connectivity index (χ4n) is 7.27. The molecular weight excluding hydrogens is 600 g/mol. The Balaban J connectivity index is 1.16. The summed E-state index contributed by atoms with van der Waals surface area (Å²) in [5.74, 6) is 1.23. The molecule has 7 nitrogen and oxygen atoms in total. The number of fused-ring (bicyclic) bond motifs is 1. The van der Waals surface area contributed by atoms with Gasteiger partial charge in [0.15, 0.2) is 0 Å². The van der Waals surface area contributed by atoms with Gasteiger partial charge in [-0.3, -0.25) is 14.6 Å². The van der Waals surface area contributed by atoms with E-state index in [1.807, 2.05) is 19.1 Å². The number of nitrogens with zero attached hydrogens (tertiary/aromatic N) is 2. The van der Waals surface area contributed by atoms with Gasteiger partial charge in [-0.2, -0.15) is 0 Å². The molecule has 0 radical (unpaired) electrons. The molecule has 46 heavy (non-hydrogen) atoms. The van der Waals surface area contributed by atoms with Crippen molar-refractivity contribution in [3.8, 4) is 28.4 Å². The lowest BCUT2D eigenvalue weighted by Gasteiger charge is -2.48. The quantitative estimate of drug-likeness (QED) is 0.189. The summed E-state index contributed by atoms with van der Waals surface area (Å²) < 4.78 is 19.0. The topological polar surface area (TPSA) is 71.5 Å². The lowest BCUT2D eigenvalue weighted by molar-refractivity contribution is -0.141. The normalized spacial score (nSPS) is 20.7. The van der Waals surface area contributed by atoms with Gasteiger partial charge in [0.05, 0.1) is 24.2 Å². The number of carboxylic acid groups (broad SMARTS) is 1. The zero-order valence-corrected chi connectivity index (χ0v) is 28.4. The first-order valence-electron chi connectivity index (χ1n) is 16.8. The maximum atomic E-state index is 11.5. The summed E-state index contributed by atoms with van der Waals surface area (Å²) in [6.45, 7) is 14.1. The number of benzene rings is 3. The molecule has 0 bridgehead atoms. The minimum Gasteiger partial charge on any atom is -0.493 e. The number of hydrogen-bond acceptors (Lipinski definition) is 6. The molecule has 2 saturated heterocycles. The lowest BCUT2D eigenvalue weighted by atomic mass is 9.89. The van der Waals surface area contributed by atoms with E-state index in [1.54, 1.807) is 0 Å². The van der Waals surface area contributed by atoms with Crippen LogP contribution in [0.4, 0.5) is 0 Å². The second-order valence-electron chi connectivity index (χ2n) is 13.6. The zero-order valence-electron chi connectivity index (χ0n) is 27.6. The fourth-order valence-corrected chi connectivity index (χ4v) is 7.51. The Bertz CT molecular complexity index is 1570. The van der Waals surface area contributed by atoms with Crippen LogP contribution >= 0.6 is 11.6 Å². The van der Waals surface area contributed by atoms with Crippen LogP contribution in [0, 0.1) is 12.8 Å². The molecule has 8 heteroatoms. The Kier molecular flexibility index (Phi) is 9.83. The van der Waals surface area contributed by atoms with Crippen LogP contribution in [0.2, 0.25) is 5.02 Å². The monoisotopic (exact) mass is 646 g/mol. The third-order valence-electron chi connectivity index (χ3n) is 10.2. The number of carboxylic acids is 1. The molecule has 3 aromatic carbocycles. The molecular formula is C38H47ClN2O5. The van der Waals surface area contributed by atoms with Crippen molar-refractivity contribution < 1.29 is 24.1 Å². The fraction of sp³-hybridized carbons (Fsp3) is 0.500. The summed E-state index contributed by atoms with van der Waals surface area (Å²) in [5, 5.41) is 9.95. The summed E-state index contributed by atoms with van der Waals surface area (Å²) in [6, 6.07) is 16.7. The highest BCUT2D eigenvalue weighted by molar-refractivity contribution is 6.32. The lowest BCUT2D eigenvalue weighted by Crippen LogP contribution is -2.55. The number of rotatable bonds is 13. The summed E-state index contributed by atoms with van der Waals surface area (Å²) in [5.41, 5.74) is 7.37. The number of halogens is 1. The van der Waals surface area contributed by atoms with Gasteiger partial charge < -0.3 is 19.3 Å². The first-order chi connectivity index (χ1) is 22.1. The molecule has 0 amide bonds. The van der Waals surface area contributed by atoms with E-state index in [4.69, 9.17) is 25.8 Å². The van der Waals surface area contributed by atoms with Gasteiger partial charge in [0.2, 0.25) is 0 Å². The molecule has 2 atom stereocenters. The van der Waals surface area contributed by atoms with E-state index in [9.17, 15) is 9.90 Å². The highest BCUT2D eigenvalue weighted by Crippen LogP contribution is 2.44. The zero-order chi connectivity index (χ0) is 32.4. The molecule has 2 heterocycles. The minimum atomic E-state index is -0.734. The Morgan fingerprint density at radius 1 is 1.02 bits per heavy atom. The van der Waals surface area contributed by atoms with E-state index in [0.29, 0.717) is 49.0 Å². The van der Waals surface area contributed by atoms with E-state index < -0.39 is 5.97 Å². The van der Waals surface area contributed by atoms with Crippen molar-refractivity contribution >= 4 is 17.6 Å². The van der Waals surface area contributed by atoms with Gasteiger partial charge in [0, 0.05) is 43.3 Å². The average Bonchev–Trinajstić information content (AvgIpc) is 3.67. The summed E-state index contributed by atoms with van der Waals surface area (Å²) >= 11 is 6.82. The molecule has 246 valence electrons. The van der Waals surface area contributed by atoms with E-state index >= 15 is 0 Å². The Morgan fingerprint density at radius 2 is 1.83 bits per heavy atom. The first-order valence-corrected chi connectivity index (χ1v) is 17.2. The van der Waals surface area contributed by atoms with Crippen LogP contribution in [-0.4, -0.2) is 65.8 Å². The third-order valence-corrected chi connectivity index (χ3v) is 10.5. The average molecular weight is 647 g/mol. The summed E-state index contributed by atoms with van der Waals surface area (Å²) in [6.07, 6.45) is 4.61. The molecule has 2 fully saturated rings. The molecule has 0 aromatic heterocycles. The molecule has 2 aliphatic heterocycles. The van der Waals surface area contributed by atoms with E-state index in [1.165, 1.54) is 35.2 Å². The van der Waals surface area contributed by atoms with Gasteiger partial charge in [-0.15, -0.1) is 0 Å². The SMILES string of the molecule is CCOc1cc(O[C@H]2CCc3c(-c4cccc(OCCCN5CCC5(C)C)c4C)cccc32)c(Cl)cc1CN1CC[C@@H](C(=O)O)C1. The minimum absolute atomic E-state index is 0.117. The van der Waals surface area contributed by atoms with E-state index in [0.717, 1.165) is 55.0 Å². The second-order valence-corrected chi connectivity index (χ2v) is 14.0. The number of ether oxygens (including phenoxy) is 3. The van der Waals surface area contributed by atoms with Crippen LogP contribution in [0.15, 0.2) is 48.5 Å². The molecule has 1 N–H and O–H groups in total. The molecule has 1 aliphatic carbocycles. The van der Waals surface area contributed by atoms with Crippen molar-refractivity contribution in [1.82, 2.24) is 9.80 Å². The van der Waals surface area contributed by atoms with Crippen molar-refractivity contribution in [2.45, 2.75) is 78.0 Å². The maximum Gasteiger partial charge on any atom is 0.307 e. The van der Waals surface area contributed by atoms with E-state index in [-0.39, 0.29) is 12.0 Å². The molecule has 0 unspecified atom stereocenters.